The van der Waals surface area contributed by atoms with Crippen LogP contribution in [-0.4, -0.2) is 56.1 Å². The van der Waals surface area contributed by atoms with Crippen molar-refractivity contribution in [2.24, 2.45) is 5.41 Å². The third kappa shape index (κ3) is 4.03. The topological polar surface area (TPSA) is 75.7 Å². The first-order valence-corrected chi connectivity index (χ1v) is 13.2. The number of likely N-dealkylation sites (tertiary alicyclic amines) is 1. The summed E-state index contributed by atoms with van der Waals surface area (Å²) < 4.78 is 61.5. The van der Waals surface area contributed by atoms with Gasteiger partial charge in [-0.15, -0.1) is 0 Å². The summed E-state index contributed by atoms with van der Waals surface area (Å²) >= 11 is 0. The number of carbonyl (C=O) groups is 1. The molecule has 0 radical (unpaired) electrons. The van der Waals surface area contributed by atoms with E-state index in [0.29, 0.717) is 30.7 Å². The number of sulfonamides is 1. The van der Waals surface area contributed by atoms with Gasteiger partial charge < -0.3 is 9.64 Å². The van der Waals surface area contributed by atoms with Crippen LogP contribution < -0.4 is 4.72 Å². The van der Waals surface area contributed by atoms with Crippen molar-refractivity contribution in [2.75, 3.05) is 19.2 Å². The molecular weight excluding hydrogens is 462 g/mol. The van der Waals surface area contributed by atoms with Gasteiger partial charge in [-0.05, 0) is 37.3 Å². The number of nitrogens with zero attached hydrogens (tertiary/aromatic N) is 1. The average Bonchev–Trinajstić information content (AvgIpc) is 3.54. The minimum absolute atomic E-state index is 0.107. The second-order valence-corrected chi connectivity index (χ2v) is 11.5. The molecule has 3 aliphatic rings. The van der Waals surface area contributed by atoms with Crippen LogP contribution in [-0.2, 0) is 26.0 Å². The number of benzene rings is 2. The molecule has 2 saturated heterocycles. The lowest BCUT2D eigenvalue weighted by molar-refractivity contribution is -0.182. The van der Waals surface area contributed by atoms with Crippen LogP contribution in [0.15, 0.2) is 48.5 Å². The van der Waals surface area contributed by atoms with Crippen molar-refractivity contribution in [3.8, 4) is 11.1 Å². The van der Waals surface area contributed by atoms with Gasteiger partial charge in [-0.3, -0.25) is 4.79 Å². The van der Waals surface area contributed by atoms with E-state index in [4.69, 9.17) is 4.74 Å². The quantitative estimate of drug-likeness (QED) is 0.646. The largest absolute Gasteiger partial charge is 0.365 e. The first-order chi connectivity index (χ1) is 16.2. The number of amides is 1. The molecule has 2 heterocycles. The summed E-state index contributed by atoms with van der Waals surface area (Å²) in [5, 5.41) is 0. The SMILES string of the molecule is C[C@]1(C(=O)N2CC3(CC3)[C@H](NS(=O)(=O)CF)[C@@H]2Cc2cccc(-c3ccccc3)c2F)CCO1. The lowest BCUT2D eigenvalue weighted by Gasteiger charge is -2.41. The van der Waals surface area contributed by atoms with Gasteiger partial charge >= 0.3 is 0 Å². The van der Waals surface area contributed by atoms with Crippen LogP contribution in [0.5, 0.6) is 0 Å². The number of rotatable bonds is 7. The fourth-order valence-electron chi connectivity index (χ4n) is 5.34. The molecule has 6 nitrogen and oxygen atoms in total. The molecule has 0 aromatic heterocycles. The summed E-state index contributed by atoms with van der Waals surface area (Å²) in [7, 11) is -4.18. The number of hydrogen-bond donors (Lipinski definition) is 1. The smallest absolute Gasteiger partial charge is 0.254 e. The Hall–Kier alpha value is -2.36. The van der Waals surface area contributed by atoms with Crippen LogP contribution in [0.3, 0.4) is 0 Å². The molecule has 2 aliphatic heterocycles. The van der Waals surface area contributed by atoms with Gasteiger partial charge in [-0.25, -0.2) is 21.9 Å². The molecule has 0 unspecified atom stereocenters. The maximum atomic E-state index is 15.7. The van der Waals surface area contributed by atoms with E-state index >= 15 is 4.39 Å². The van der Waals surface area contributed by atoms with Crippen molar-refractivity contribution < 1.29 is 26.7 Å². The molecule has 1 spiro atoms. The summed E-state index contributed by atoms with van der Waals surface area (Å²) in [4.78, 5) is 15.1. The molecule has 182 valence electrons. The van der Waals surface area contributed by atoms with Gasteiger partial charge in [0, 0.05) is 30.0 Å². The van der Waals surface area contributed by atoms with E-state index in [9.17, 15) is 17.6 Å². The molecule has 1 amide bonds. The number of hydrogen-bond acceptors (Lipinski definition) is 4. The Labute approximate surface area is 198 Å². The lowest BCUT2D eigenvalue weighted by atomic mass is 9.90. The van der Waals surface area contributed by atoms with Crippen molar-refractivity contribution in [1.82, 2.24) is 9.62 Å². The maximum Gasteiger partial charge on any atom is 0.254 e. The Morgan fingerprint density at radius 1 is 1.15 bits per heavy atom. The third-order valence-electron chi connectivity index (χ3n) is 7.58. The number of carbonyl (C=O) groups excluding carboxylic acids is 1. The predicted octanol–water partition coefficient (Wildman–Crippen LogP) is 3.42. The van der Waals surface area contributed by atoms with E-state index in [1.807, 2.05) is 30.3 Å². The molecule has 1 saturated carbocycles. The highest BCUT2D eigenvalue weighted by atomic mass is 32.2. The van der Waals surface area contributed by atoms with Gasteiger partial charge in [0.05, 0.1) is 12.6 Å². The second-order valence-electron chi connectivity index (χ2n) is 9.86. The molecule has 34 heavy (non-hydrogen) atoms. The number of halogens is 2. The van der Waals surface area contributed by atoms with Gasteiger partial charge in [-0.1, -0.05) is 48.5 Å². The van der Waals surface area contributed by atoms with Crippen molar-refractivity contribution in [3.05, 3.63) is 59.9 Å². The summed E-state index contributed by atoms with van der Waals surface area (Å²) in [5.41, 5.74) is 0.115. The van der Waals surface area contributed by atoms with Gasteiger partial charge in [0.1, 0.15) is 11.4 Å². The normalized spacial score (nSPS) is 27.6. The van der Waals surface area contributed by atoms with Crippen LogP contribution in [0, 0.1) is 11.2 Å². The zero-order valence-corrected chi connectivity index (χ0v) is 19.8. The van der Waals surface area contributed by atoms with E-state index in [1.165, 1.54) is 0 Å². The van der Waals surface area contributed by atoms with E-state index in [0.717, 1.165) is 18.4 Å². The first kappa shape index (κ1) is 23.4. The molecule has 2 aromatic rings. The number of alkyl halides is 1. The first-order valence-electron chi connectivity index (χ1n) is 11.5. The standard InChI is InChI=1S/C25H28F2N2O4S/c1-24(12-13-33-24)23(30)29-15-25(10-11-25)22(28-34(31,32)16-26)20(29)14-18-8-5-9-19(21(18)27)17-6-3-2-4-7-17/h2-9,20,22,28H,10-16H2,1H3/t20-,22+,24+/m0/s1. The second kappa shape index (κ2) is 8.39. The van der Waals surface area contributed by atoms with E-state index in [2.05, 4.69) is 4.72 Å². The highest BCUT2D eigenvalue weighted by molar-refractivity contribution is 7.89. The van der Waals surface area contributed by atoms with Crippen molar-refractivity contribution >= 4 is 15.9 Å². The number of nitrogens with one attached hydrogen (secondary N) is 1. The van der Waals surface area contributed by atoms with Gasteiger partial charge in [0.2, 0.25) is 16.0 Å². The molecule has 3 fully saturated rings. The molecule has 1 N–H and O–H groups in total. The average molecular weight is 491 g/mol. The van der Waals surface area contributed by atoms with Gasteiger partial charge in [0.25, 0.3) is 5.91 Å². The molecular formula is C25H28F2N2O4S. The van der Waals surface area contributed by atoms with Crippen molar-refractivity contribution in [3.63, 3.8) is 0 Å². The van der Waals surface area contributed by atoms with Crippen molar-refractivity contribution in [2.45, 2.75) is 50.3 Å². The highest BCUT2D eigenvalue weighted by Gasteiger charge is 2.63. The molecule has 3 atom stereocenters. The highest BCUT2D eigenvalue weighted by Crippen LogP contribution is 2.56. The Balaban J connectivity index is 1.52. The summed E-state index contributed by atoms with van der Waals surface area (Å²) in [6.07, 6.45) is 2.12. The van der Waals surface area contributed by atoms with Crippen molar-refractivity contribution in [1.29, 1.82) is 0 Å². The molecule has 0 bridgehead atoms. The summed E-state index contributed by atoms with van der Waals surface area (Å²) in [5.74, 6) is -0.632. The molecule has 2 aromatic carbocycles. The molecule has 5 rings (SSSR count). The van der Waals surface area contributed by atoms with Crippen LogP contribution >= 0.6 is 0 Å². The fraction of sp³-hybridized carbons (Fsp3) is 0.480. The lowest BCUT2D eigenvalue weighted by Crippen LogP contribution is -2.58. The monoisotopic (exact) mass is 490 g/mol. The maximum absolute atomic E-state index is 15.7. The van der Waals surface area contributed by atoms with Crippen LogP contribution in [0.25, 0.3) is 11.1 Å². The van der Waals surface area contributed by atoms with Crippen LogP contribution in [0.2, 0.25) is 0 Å². The summed E-state index contributed by atoms with van der Waals surface area (Å²) in [6, 6.07) is 11.4. The minimum Gasteiger partial charge on any atom is -0.365 e. The fourth-order valence-corrected chi connectivity index (χ4v) is 6.19. The van der Waals surface area contributed by atoms with E-state index in [-0.39, 0.29) is 12.3 Å². The number of ether oxygens (including phenoxy) is 1. The van der Waals surface area contributed by atoms with E-state index in [1.54, 1.807) is 30.0 Å². The summed E-state index contributed by atoms with van der Waals surface area (Å²) in [6.45, 7) is 2.55. The third-order valence-corrected chi connectivity index (χ3v) is 8.48. The predicted molar refractivity (Wildman–Crippen MR) is 124 cm³/mol. The Bertz CT molecular complexity index is 1200. The minimum atomic E-state index is -4.18. The Kier molecular flexibility index (Phi) is 5.77. The van der Waals surface area contributed by atoms with Crippen LogP contribution in [0.1, 0.15) is 31.7 Å². The Morgan fingerprint density at radius 3 is 2.44 bits per heavy atom. The Morgan fingerprint density at radius 2 is 1.85 bits per heavy atom. The van der Waals surface area contributed by atoms with Gasteiger partial charge in [-0.2, -0.15) is 0 Å². The van der Waals surface area contributed by atoms with Crippen LogP contribution in [0.4, 0.5) is 8.78 Å². The molecule has 9 heteroatoms. The van der Waals surface area contributed by atoms with E-state index < -0.39 is 44.9 Å². The molecule has 1 aliphatic carbocycles. The zero-order valence-electron chi connectivity index (χ0n) is 19.0. The zero-order chi connectivity index (χ0) is 24.1. The van der Waals surface area contributed by atoms with Gasteiger partial charge in [0.15, 0.2) is 0 Å².